The lowest BCUT2D eigenvalue weighted by molar-refractivity contribution is -0.122. The van der Waals surface area contributed by atoms with E-state index in [0.29, 0.717) is 6.54 Å². The van der Waals surface area contributed by atoms with Gasteiger partial charge in [-0.3, -0.25) is 4.79 Å². The first kappa shape index (κ1) is 15.4. The summed E-state index contributed by atoms with van der Waals surface area (Å²) in [6.45, 7) is 2.59. The minimum atomic E-state index is -0.111. The van der Waals surface area contributed by atoms with Crippen LogP contribution in [0, 0.1) is 6.92 Å². The average molecular weight is 302 g/mol. The van der Waals surface area contributed by atoms with Crippen molar-refractivity contribution in [3.63, 3.8) is 0 Å². The van der Waals surface area contributed by atoms with Gasteiger partial charge in [0.2, 0.25) is 0 Å². The van der Waals surface area contributed by atoms with Crippen molar-refractivity contribution in [3.8, 4) is 5.75 Å². The third-order valence-electron chi connectivity index (χ3n) is 2.76. The Labute approximate surface area is 128 Å². The van der Waals surface area contributed by atoms with Crippen molar-refractivity contribution in [2.75, 3.05) is 18.9 Å². The van der Waals surface area contributed by atoms with Crippen LogP contribution in [-0.2, 0) is 4.79 Å². The maximum atomic E-state index is 11.7. The van der Waals surface area contributed by atoms with E-state index in [-0.39, 0.29) is 12.5 Å². The lowest BCUT2D eigenvalue weighted by atomic mass is 10.2. The normalized spacial score (nSPS) is 10.1. The number of aromatic nitrogens is 1. The summed E-state index contributed by atoms with van der Waals surface area (Å²) < 4.78 is 5.48. The topological polar surface area (TPSA) is 51.2 Å². The van der Waals surface area contributed by atoms with E-state index in [1.807, 2.05) is 49.4 Å². The predicted molar refractivity (Wildman–Crippen MR) is 84.6 cm³/mol. The number of aryl methyl sites for hydroxylation is 1. The zero-order chi connectivity index (χ0) is 14.9. The SMILES string of the molecule is Cc1ccccc1OCC(=O)NCCSc1ccccn1. The lowest BCUT2D eigenvalue weighted by Crippen LogP contribution is -2.30. The molecule has 2 rings (SSSR count). The van der Waals surface area contributed by atoms with E-state index in [0.717, 1.165) is 22.1 Å². The molecule has 0 spiro atoms. The monoisotopic (exact) mass is 302 g/mol. The highest BCUT2D eigenvalue weighted by atomic mass is 32.2. The second-order valence-electron chi connectivity index (χ2n) is 4.42. The number of benzene rings is 1. The number of thioether (sulfide) groups is 1. The highest BCUT2D eigenvalue weighted by molar-refractivity contribution is 7.99. The molecule has 0 radical (unpaired) electrons. The largest absolute Gasteiger partial charge is 0.484 e. The summed E-state index contributed by atoms with van der Waals surface area (Å²) in [5.74, 6) is 1.42. The molecule has 0 aliphatic heterocycles. The molecule has 0 aliphatic carbocycles. The molecule has 110 valence electrons. The van der Waals surface area contributed by atoms with Crippen molar-refractivity contribution >= 4 is 17.7 Å². The average Bonchev–Trinajstić information content (AvgIpc) is 2.52. The Balaban J connectivity index is 1.63. The Morgan fingerprint density at radius 2 is 2.05 bits per heavy atom. The van der Waals surface area contributed by atoms with E-state index < -0.39 is 0 Å². The zero-order valence-corrected chi connectivity index (χ0v) is 12.7. The van der Waals surface area contributed by atoms with Crippen LogP contribution in [0.3, 0.4) is 0 Å². The number of carbonyl (C=O) groups excluding carboxylic acids is 1. The van der Waals surface area contributed by atoms with E-state index in [2.05, 4.69) is 10.3 Å². The molecule has 2 aromatic rings. The Kier molecular flexibility index (Phi) is 6.09. The third kappa shape index (κ3) is 5.47. The fourth-order valence-electron chi connectivity index (χ4n) is 1.69. The van der Waals surface area contributed by atoms with Crippen molar-refractivity contribution in [2.45, 2.75) is 11.9 Å². The number of ether oxygens (including phenoxy) is 1. The molecule has 4 nitrogen and oxygen atoms in total. The number of para-hydroxylation sites is 1. The van der Waals surface area contributed by atoms with Gasteiger partial charge >= 0.3 is 0 Å². The number of amides is 1. The van der Waals surface area contributed by atoms with E-state index in [1.165, 1.54) is 0 Å². The summed E-state index contributed by atoms with van der Waals surface area (Å²) in [4.78, 5) is 15.9. The fraction of sp³-hybridized carbons (Fsp3) is 0.250. The number of carbonyl (C=O) groups is 1. The van der Waals surface area contributed by atoms with E-state index >= 15 is 0 Å². The minimum absolute atomic E-state index is 0.0408. The number of rotatable bonds is 7. The molecule has 0 atom stereocenters. The van der Waals surface area contributed by atoms with Crippen LogP contribution in [0.5, 0.6) is 5.75 Å². The molecule has 1 heterocycles. The lowest BCUT2D eigenvalue weighted by Gasteiger charge is -2.09. The fourth-order valence-corrected chi connectivity index (χ4v) is 2.41. The molecule has 5 heteroatoms. The zero-order valence-electron chi connectivity index (χ0n) is 11.9. The first-order chi connectivity index (χ1) is 10.3. The number of pyridine rings is 1. The molecule has 1 N–H and O–H groups in total. The second-order valence-corrected chi connectivity index (χ2v) is 5.54. The molecule has 21 heavy (non-hydrogen) atoms. The van der Waals surface area contributed by atoms with Crippen LogP contribution in [0.25, 0.3) is 0 Å². The van der Waals surface area contributed by atoms with Crippen molar-refractivity contribution < 1.29 is 9.53 Å². The maximum absolute atomic E-state index is 11.7. The van der Waals surface area contributed by atoms with Gasteiger partial charge in [0, 0.05) is 18.5 Å². The molecular weight excluding hydrogens is 284 g/mol. The summed E-state index contributed by atoms with van der Waals surface area (Å²) in [6, 6.07) is 13.4. The van der Waals surface area contributed by atoms with Gasteiger partial charge in [-0.15, -0.1) is 11.8 Å². The standard InChI is InChI=1S/C16H18N2O2S/c1-13-6-2-3-7-14(13)20-12-15(19)17-10-11-21-16-8-4-5-9-18-16/h2-9H,10-12H2,1H3,(H,17,19). The van der Waals surface area contributed by atoms with Gasteiger partial charge < -0.3 is 10.1 Å². The summed E-state index contributed by atoms with van der Waals surface area (Å²) in [5.41, 5.74) is 1.02. The molecular formula is C16H18N2O2S. The molecule has 0 saturated carbocycles. The summed E-state index contributed by atoms with van der Waals surface area (Å²) in [6.07, 6.45) is 1.76. The molecule has 0 saturated heterocycles. The Morgan fingerprint density at radius 1 is 1.24 bits per heavy atom. The Hall–Kier alpha value is -2.01. The van der Waals surface area contributed by atoms with Gasteiger partial charge in [0.15, 0.2) is 6.61 Å². The van der Waals surface area contributed by atoms with Crippen LogP contribution < -0.4 is 10.1 Å². The van der Waals surface area contributed by atoms with Gasteiger partial charge in [-0.25, -0.2) is 4.98 Å². The van der Waals surface area contributed by atoms with Crippen molar-refractivity contribution in [1.29, 1.82) is 0 Å². The number of hydrogen-bond donors (Lipinski definition) is 1. The summed E-state index contributed by atoms with van der Waals surface area (Å²) in [5, 5.41) is 3.79. The van der Waals surface area contributed by atoms with E-state index in [1.54, 1.807) is 18.0 Å². The van der Waals surface area contributed by atoms with Gasteiger partial charge in [0.25, 0.3) is 5.91 Å². The summed E-state index contributed by atoms with van der Waals surface area (Å²) >= 11 is 1.61. The van der Waals surface area contributed by atoms with E-state index in [9.17, 15) is 4.79 Å². The van der Waals surface area contributed by atoms with Crippen LogP contribution in [0.1, 0.15) is 5.56 Å². The van der Waals surface area contributed by atoms with Crippen molar-refractivity contribution in [3.05, 3.63) is 54.2 Å². The molecule has 1 aromatic heterocycles. The van der Waals surface area contributed by atoms with E-state index in [4.69, 9.17) is 4.74 Å². The Bertz CT molecular complexity index is 575. The second kappa shape index (κ2) is 8.32. The first-order valence-corrected chi connectivity index (χ1v) is 7.73. The van der Waals surface area contributed by atoms with Crippen LogP contribution in [0.2, 0.25) is 0 Å². The van der Waals surface area contributed by atoms with Gasteiger partial charge in [-0.05, 0) is 30.7 Å². The molecule has 0 fully saturated rings. The quantitative estimate of drug-likeness (QED) is 0.631. The smallest absolute Gasteiger partial charge is 0.257 e. The van der Waals surface area contributed by atoms with Gasteiger partial charge in [0.05, 0.1) is 5.03 Å². The molecule has 1 amide bonds. The molecule has 0 unspecified atom stereocenters. The number of nitrogens with zero attached hydrogens (tertiary/aromatic N) is 1. The van der Waals surface area contributed by atoms with Gasteiger partial charge in [0.1, 0.15) is 5.75 Å². The first-order valence-electron chi connectivity index (χ1n) is 6.74. The highest BCUT2D eigenvalue weighted by Gasteiger charge is 2.04. The van der Waals surface area contributed by atoms with Gasteiger partial charge in [-0.2, -0.15) is 0 Å². The molecule has 0 aliphatic rings. The van der Waals surface area contributed by atoms with Crippen LogP contribution in [-0.4, -0.2) is 29.8 Å². The highest BCUT2D eigenvalue weighted by Crippen LogP contribution is 2.15. The number of hydrogen-bond acceptors (Lipinski definition) is 4. The van der Waals surface area contributed by atoms with Gasteiger partial charge in [-0.1, -0.05) is 24.3 Å². The predicted octanol–water partition coefficient (Wildman–Crippen LogP) is 2.68. The van der Waals surface area contributed by atoms with Crippen LogP contribution in [0.15, 0.2) is 53.7 Å². The van der Waals surface area contributed by atoms with Crippen molar-refractivity contribution in [1.82, 2.24) is 10.3 Å². The Morgan fingerprint density at radius 3 is 2.81 bits per heavy atom. The molecule has 1 aromatic carbocycles. The van der Waals surface area contributed by atoms with Crippen molar-refractivity contribution in [2.24, 2.45) is 0 Å². The maximum Gasteiger partial charge on any atom is 0.257 e. The summed E-state index contributed by atoms with van der Waals surface area (Å²) in [7, 11) is 0. The molecule has 0 bridgehead atoms. The van der Waals surface area contributed by atoms with Crippen LogP contribution in [0.4, 0.5) is 0 Å². The minimum Gasteiger partial charge on any atom is -0.484 e. The third-order valence-corrected chi connectivity index (χ3v) is 3.71. The van der Waals surface area contributed by atoms with Crippen LogP contribution >= 0.6 is 11.8 Å². The number of nitrogens with one attached hydrogen (secondary N) is 1.